The average molecular weight is 478 g/mol. The Balaban J connectivity index is 1.58. The number of ether oxygens (including phenoxy) is 1. The van der Waals surface area contributed by atoms with Crippen molar-refractivity contribution in [2.45, 2.75) is 70.1 Å². The standard InChI is InChI=1S/C24H32ClN3O5/c25-19-8-6-17(7-9-19)15-33-24(32)28-21(12-16-4-2-1-3-5-16)23(31)27-20(14-29)13-18-10-11-26-22(18)30/h6-9,14,16,18,20-21H,1-5,10-13,15H2,(H,26,30)(H,27,31)(H,28,32)/t18-,20-,21-/m0/s1. The van der Waals surface area contributed by atoms with Crippen molar-refractivity contribution in [3.8, 4) is 0 Å². The number of halogens is 1. The quantitative estimate of drug-likeness (QED) is 0.448. The first kappa shape index (κ1) is 25.0. The molecule has 8 nitrogen and oxygen atoms in total. The van der Waals surface area contributed by atoms with Crippen molar-refractivity contribution in [3.05, 3.63) is 34.9 Å². The van der Waals surface area contributed by atoms with Gasteiger partial charge in [0.2, 0.25) is 11.8 Å². The Bertz CT molecular complexity index is 826. The highest BCUT2D eigenvalue weighted by Crippen LogP contribution is 2.27. The van der Waals surface area contributed by atoms with Crippen molar-refractivity contribution in [3.63, 3.8) is 0 Å². The van der Waals surface area contributed by atoms with Crippen molar-refractivity contribution in [2.24, 2.45) is 11.8 Å². The van der Waals surface area contributed by atoms with Crippen molar-refractivity contribution in [1.82, 2.24) is 16.0 Å². The molecule has 2 fully saturated rings. The number of nitrogens with one attached hydrogen (secondary N) is 3. The van der Waals surface area contributed by atoms with E-state index in [0.717, 1.165) is 31.2 Å². The molecule has 1 aliphatic carbocycles. The molecule has 0 bridgehead atoms. The summed E-state index contributed by atoms with van der Waals surface area (Å²) in [5, 5.41) is 8.73. The van der Waals surface area contributed by atoms with Crippen LogP contribution in [0.5, 0.6) is 0 Å². The van der Waals surface area contributed by atoms with Crippen LogP contribution >= 0.6 is 11.6 Å². The monoisotopic (exact) mass is 477 g/mol. The molecule has 1 aromatic rings. The van der Waals surface area contributed by atoms with Gasteiger partial charge in [-0.15, -0.1) is 0 Å². The molecular formula is C24H32ClN3O5. The zero-order valence-electron chi connectivity index (χ0n) is 18.7. The number of benzene rings is 1. The maximum atomic E-state index is 13.0. The third-order valence-electron chi connectivity index (χ3n) is 6.38. The predicted molar refractivity (Wildman–Crippen MR) is 123 cm³/mol. The highest BCUT2D eigenvalue weighted by Gasteiger charge is 2.31. The first-order chi connectivity index (χ1) is 15.9. The zero-order chi connectivity index (χ0) is 23.6. The number of carbonyl (C=O) groups is 4. The smallest absolute Gasteiger partial charge is 0.408 e. The normalized spacial score (nSPS) is 20.4. The van der Waals surface area contributed by atoms with Gasteiger partial charge in [0, 0.05) is 17.5 Å². The minimum Gasteiger partial charge on any atom is -0.445 e. The van der Waals surface area contributed by atoms with Gasteiger partial charge in [0.15, 0.2) is 0 Å². The van der Waals surface area contributed by atoms with Crippen LogP contribution < -0.4 is 16.0 Å². The summed E-state index contributed by atoms with van der Waals surface area (Å²) in [4.78, 5) is 48.9. The van der Waals surface area contributed by atoms with Gasteiger partial charge in [-0.1, -0.05) is 55.8 Å². The van der Waals surface area contributed by atoms with E-state index >= 15 is 0 Å². The van der Waals surface area contributed by atoms with Gasteiger partial charge in [-0.25, -0.2) is 4.79 Å². The lowest BCUT2D eigenvalue weighted by molar-refractivity contribution is -0.127. The Morgan fingerprint density at radius 3 is 2.45 bits per heavy atom. The molecule has 1 aromatic carbocycles. The van der Waals surface area contributed by atoms with E-state index in [4.69, 9.17) is 16.3 Å². The highest BCUT2D eigenvalue weighted by molar-refractivity contribution is 6.30. The van der Waals surface area contributed by atoms with Gasteiger partial charge in [0.05, 0.1) is 6.04 Å². The Labute approximate surface area is 199 Å². The van der Waals surface area contributed by atoms with E-state index in [-0.39, 0.29) is 24.9 Å². The fourth-order valence-corrected chi connectivity index (χ4v) is 4.64. The maximum Gasteiger partial charge on any atom is 0.408 e. The zero-order valence-corrected chi connectivity index (χ0v) is 19.4. The molecule has 0 aromatic heterocycles. The molecule has 3 rings (SSSR count). The van der Waals surface area contributed by atoms with Gasteiger partial charge < -0.3 is 25.5 Å². The van der Waals surface area contributed by atoms with Crippen LogP contribution in [-0.4, -0.2) is 42.8 Å². The van der Waals surface area contributed by atoms with E-state index in [1.165, 1.54) is 6.42 Å². The summed E-state index contributed by atoms with van der Waals surface area (Å²) in [6.07, 6.45) is 6.73. The van der Waals surface area contributed by atoms with Crippen LogP contribution in [0.2, 0.25) is 5.02 Å². The second-order valence-corrected chi connectivity index (χ2v) is 9.34. The van der Waals surface area contributed by atoms with E-state index in [1.807, 2.05) is 0 Å². The van der Waals surface area contributed by atoms with Gasteiger partial charge in [-0.2, -0.15) is 0 Å². The van der Waals surface area contributed by atoms with E-state index < -0.39 is 24.1 Å². The summed E-state index contributed by atoms with van der Waals surface area (Å²) in [6.45, 7) is 0.628. The van der Waals surface area contributed by atoms with Crippen molar-refractivity contribution >= 4 is 35.8 Å². The van der Waals surface area contributed by atoms with Crippen LogP contribution in [0.1, 0.15) is 56.9 Å². The topological polar surface area (TPSA) is 114 Å². The largest absolute Gasteiger partial charge is 0.445 e. The number of hydrogen-bond acceptors (Lipinski definition) is 5. The number of aldehydes is 1. The van der Waals surface area contributed by atoms with E-state index in [9.17, 15) is 19.2 Å². The lowest BCUT2D eigenvalue weighted by atomic mass is 9.84. The van der Waals surface area contributed by atoms with Crippen LogP contribution in [0.15, 0.2) is 24.3 Å². The molecule has 180 valence electrons. The molecule has 1 saturated carbocycles. The van der Waals surface area contributed by atoms with Crippen LogP contribution in [0.25, 0.3) is 0 Å². The van der Waals surface area contributed by atoms with Crippen molar-refractivity contribution < 1.29 is 23.9 Å². The number of alkyl carbamates (subject to hydrolysis) is 1. The molecule has 2 aliphatic rings. The summed E-state index contributed by atoms with van der Waals surface area (Å²) < 4.78 is 5.30. The summed E-state index contributed by atoms with van der Waals surface area (Å²) in [5.41, 5.74) is 0.777. The molecule has 0 spiro atoms. The van der Waals surface area contributed by atoms with Gasteiger partial charge in [0.25, 0.3) is 0 Å². The van der Waals surface area contributed by atoms with Gasteiger partial charge in [-0.05, 0) is 42.9 Å². The first-order valence-electron chi connectivity index (χ1n) is 11.7. The molecule has 0 radical (unpaired) electrons. The summed E-state index contributed by atoms with van der Waals surface area (Å²) >= 11 is 5.87. The summed E-state index contributed by atoms with van der Waals surface area (Å²) in [7, 11) is 0. The minimum absolute atomic E-state index is 0.0501. The average Bonchev–Trinajstić information content (AvgIpc) is 3.22. The molecule has 1 heterocycles. The Morgan fingerprint density at radius 1 is 1.09 bits per heavy atom. The van der Waals surface area contributed by atoms with E-state index in [2.05, 4.69) is 16.0 Å². The SMILES string of the molecule is O=C[C@H](C[C@@H]1CCNC1=O)NC(=O)[C@H](CC1CCCCC1)NC(=O)OCc1ccc(Cl)cc1. The third kappa shape index (κ3) is 8.03. The van der Waals surface area contributed by atoms with Crippen LogP contribution in [0.3, 0.4) is 0 Å². The number of amides is 3. The fraction of sp³-hybridized carbons (Fsp3) is 0.583. The highest BCUT2D eigenvalue weighted by atomic mass is 35.5. The number of carbonyl (C=O) groups excluding carboxylic acids is 4. The predicted octanol–water partition coefficient (Wildman–Crippen LogP) is 3.12. The van der Waals surface area contributed by atoms with Crippen LogP contribution in [0, 0.1) is 11.8 Å². The molecule has 3 amide bonds. The van der Waals surface area contributed by atoms with Gasteiger partial charge in [-0.3, -0.25) is 9.59 Å². The lowest BCUT2D eigenvalue weighted by Crippen LogP contribution is -2.51. The molecule has 9 heteroatoms. The number of rotatable bonds is 10. The Hall–Kier alpha value is -2.61. The molecular weight excluding hydrogens is 446 g/mol. The van der Waals surface area contributed by atoms with Crippen molar-refractivity contribution in [1.29, 1.82) is 0 Å². The molecule has 0 unspecified atom stereocenters. The number of hydrogen-bond donors (Lipinski definition) is 3. The van der Waals surface area contributed by atoms with E-state index in [1.54, 1.807) is 24.3 Å². The molecule has 3 N–H and O–H groups in total. The van der Waals surface area contributed by atoms with Crippen LogP contribution in [-0.2, 0) is 25.7 Å². The van der Waals surface area contributed by atoms with Crippen LogP contribution in [0.4, 0.5) is 4.79 Å². The molecule has 1 saturated heterocycles. The third-order valence-corrected chi connectivity index (χ3v) is 6.63. The van der Waals surface area contributed by atoms with Gasteiger partial charge >= 0.3 is 6.09 Å². The Morgan fingerprint density at radius 2 is 1.82 bits per heavy atom. The second-order valence-electron chi connectivity index (χ2n) is 8.90. The summed E-state index contributed by atoms with van der Waals surface area (Å²) in [5.74, 6) is -0.505. The Kier molecular flexibility index (Phi) is 9.54. The fourth-order valence-electron chi connectivity index (χ4n) is 4.51. The molecule has 33 heavy (non-hydrogen) atoms. The summed E-state index contributed by atoms with van der Waals surface area (Å²) in [6, 6.07) is 5.34. The molecule has 1 aliphatic heterocycles. The lowest BCUT2D eigenvalue weighted by Gasteiger charge is -2.27. The van der Waals surface area contributed by atoms with E-state index in [0.29, 0.717) is 36.6 Å². The van der Waals surface area contributed by atoms with Crippen molar-refractivity contribution in [2.75, 3.05) is 6.54 Å². The minimum atomic E-state index is -0.814. The molecule has 3 atom stereocenters. The van der Waals surface area contributed by atoms with Gasteiger partial charge in [0.1, 0.15) is 18.9 Å². The second kappa shape index (κ2) is 12.6. The maximum absolute atomic E-state index is 13.0. The first-order valence-corrected chi connectivity index (χ1v) is 12.0.